The Kier molecular flexibility index (Phi) is 5.52. The normalized spacial score (nSPS) is 16.4. The average Bonchev–Trinajstić information content (AvgIpc) is 2.64. The van der Waals surface area contributed by atoms with Crippen molar-refractivity contribution in [3.63, 3.8) is 0 Å². The van der Waals surface area contributed by atoms with Gasteiger partial charge in [-0.1, -0.05) is 13.8 Å². The van der Waals surface area contributed by atoms with E-state index in [4.69, 9.17) is 4.74 Å². The number of carbonyl (C=O) groups is 2. The molecule has 0 saturated heterocycles. The van der Waals surface area contributed by atoms with Gasteiger partial charge in [0.15, 0.2) is 0 Å². The van der Waals surface area contributed by atoms with Crippen LogP contribution in [0.15, 0.2) is 18.2 Å². The van der Waals surface area contributed by atoms with E-state index in [0.717, 1.165) is 18.5 Å². The molecule has 0 radical (unpaired) electrons. The van der Waals surface area contributed by atoms with Gasteiger partial charge in [-0.05, 0) is 45.7 Å². The molecule has 132 valence electrons. The molecule has 0 bridgehead atoms. The minimum atomic E-state index is -0.575. The van der Waals surface area contributed by atoms with E-state index in [9.17, 15) is 9.59 Å². The Morgan fingerprint density at radius 2 is 1.96 bits per heavy atom. The number of amides is 2. The van der Waals surface area contributed by atoms with E-state index in [0.29, 0.717) is 24.6 Å². The zero-order valence-corrected chi connectivity index (χ0v) is 15.3. The van der Waals surface area contributed by atoms with Gasteiger partial charge in [0.05, 0.1) is 11.1 Å². The van der Waals surface area contributed by atoms with Crippen LogP contribution in [0.1, 0.15) is 47.5 Å². The second-order valence-corrected chi connectivity index (χ2v) is 6.91. The number of ether oxygens (including phenoxy) is 1. The smallest absolute Gasteiger partial charge is 0.236 e. The first-order valence-corrected chi connectivity index (χ1v) is 8.73. The van der Waals surface area contributed by atoms with Crippen LogP contribution >= 0.6 is 0 Å². The summed E-state index contributed by atoms with van der Waals surface area (Å²) in [4.78, 5) is 26.7. The molecule has 1 aliphatic rings. The van der Waals surface area contributed by atoms with Gasteiger partial charge in [-0.2, -0.15) is 0 Å². The second kappa shape index (κ2) is 7.24. The Morgan fingerprint density at radius 1 is 1.29 bits per heavy atom. The van der Waals surface area contributed by atoms with Gasteiger partial charge in [-0.15, -0.1) is 0 Å². The number of rotatable bonds is 5. The van der Waals surface area contributed by atoms with E-state index in [-0.39, 0.29) is 17.7 Å². The summed E-state index contributed by atoms with van der Waals surface area (Å²) in [5.41, 5.74) is 0.885. The van der Waals surface area contributed by atoms with Crippen LogP contribution in [0.4, 0.5) is 11.4 Å². The number of carbonyl (C=O) groups excluding carboxylic acids is 2. The molecule has 1 aromatic rings. The lowest BCUT2D eigenvalue weighted by molar-refractivity contribution is -0.127. The molecular weight excluding hydrogens is 304 g/mol. The van der Waals surface area contributed by atoms with Crippen LogP contribution in [-0.2, 0) is 9.59 Å². The number of nitrogens with zero attached hydrogens (tertiary/aromatic N) is 1. The molecule has 2 rings (SSSR count). The molecule has 0 aromatic heterocycles. The molecule has 5 heteroatoms. The lowest BCUT2D eigenvalue weighted by Crippen LogP contribution is -2.42. The zero-order chi connectivity index (χ0) is 17.9. The molecule has 0 aliphatic carbocycles. The number of hydrogen-bond donors (Lipinski definition) is 1. The van der Waals surface area contributed by atoms with Crippen molar-refractivity contribution in [3.05, 3.63) is 18.2 Å². The summed E-state index contributed by atoms with van der Waals surface area (Å²) in [6.07, 6.45) is 1.63. The molecule has 1 N–H and O–H groups in total. The van der Waals surface area contributed by atoms with Crippen LogP contribution in [0, 0.1) is 11.3 Å². The molecular formula is C19H28N2O3. The van der Waals surface area contributed by atoms with Crippen LogP contribution in [0.5, 0.6) is 5.75 Å². The molecule has 0 spiro atoms. The first-order chi connectivity index (χ1) is 11.3. The molecule has 0 unspecified atom stereocenters. The molecule has 5 nitrogen and oxygen atoms in total. The number of benzene rings is 1. The monoisotopic (exact) mass is 332 g/mol. The predicted molar refractivity (Wildman–Crippen MR) is 96.4 cm³/mol. The van der Waals surface area contributed by atoms with Crippen molar-refractivity contribution >= 4 is 23.2 Å². The third-order valence-electron chi connectivity index (χ3n) is 4.60. The quantitative estimate of drug-likeness (QED) is 0.891. The number of nitrogens with one attached hydrogen (secondary N) is 1. The third-order valence-corrected chi connectivity index (χ3v) is 4.60. The highest BCUT2D eigenvalue weighted by Crippen LogP contribution is 2.38. The van der Waals surface area contributed by atoms with Gasteiger partial charge < -0.3 is 15.0 Å². The minimum Gasteiger partial charge on any atom is -0.490 e. The summed E-state index contributed by atoms with van der Waals surface area (Å²) in [7, 11) is 0. The van der Waals surface area contributed by atoms with E-state index in [1.165, 1.54) is 0 Å². The lowest BCUT2D eigenvalue weighted by atomic mass is 9.93. The molecule has 0 atom stereocenters. The number of hydrogen-bond acceptors (Lipinski definition) is 3. The molecule has 1 heterocycles. The Hall–Kier alpha value is -2.04. The highest BCUT2D eigenvalue weighted by molar-refractivity contribution is 6.00. The summed E-state index contributed by atoms with van der Waals surface area (Å²) in [6.45, 7) is 10.7. The summed E-state index contributed by atoms with van der Waals surface area (Å²) in [6, 6.07) is 5.49. The maximum Gasteiger partial charge on any atom is 0.236 e. The molecule has 24 heavy (non-hydrogen) atoms. The van der Waals surface area contributed by atoms with Crippen molar-refractivity contribution in [1.82, 2.24) is 0 Å². The summed E-state index contributed by atoms with van der Waals surface area (Å²) < 4.78 is 5.89. The van der Waals surface area contributed by atoms with Crippen LogP contribution in [0.2, 0.25) is 0 Å². The first-order valence-electron chi connectivity index (χ1n) is 8.73. The standard InChI is InChI=1S/C19H28N2O3/c1-6-13(7-2)17(22)20-14-9-10-15-16(11-14)24-12-19(4,5)18(23)21(15)8-3/h9-11,13H,6-8,12H2,1-5H3,(H,20,22). The van der Waals surface area contributed by atoms with Crippen molar-refractivity contribution < 1.29 is 14.3 Å². The average molecular weight is 332 g/mol. The summed E-state index contributed by atoms with van der Waals surface area (Å²) in [5, 5.41) is 2.96. The Labute approximate surface area is 144 Å². The zero-order valence-electron chi connectivity index (χ0n) is 15.3. The largest absolute Gasteiger partial charge is 0.490 e. The fraction of sp³-hybridized carbons (Fsp3) is 0.579. The first kappa shape index (κ1) is 18.3. The van der Waals surface area contributed by atoms with Gasteiger partial charge in [0, 0.05) is 24.2 Å². The van der Waals surface area contributed by atoms with Crippen molar-refractivity contribution in [2.75, 3.05) is 23.4 Å². The Balaban J connectivity index is 2.30. The fourth-order valence-electron chi connectivity index (χ4n) is 2.94. The maximum atomic E-state index is 12.7. The molecule has 0 fully saturated rings. The van der Waals surface area contributed by atoms with E-state index in [1.807, 2.05) is 52.8 Å². The van der Waals surface area contributed by atoms with Crippen molar-refractivity contribution in [2.24, 2.45) is 11.3 Å². The number of fused-ring (bicyclic) bond motifs is 1. The van der Waals surface area contributed by atoms with Gasteiger partial charge in [0.2, 0.25) is 11.8 Å². The summed E-state index contributed by atoms with van der Waals surface area (Å²) >= 11 is 0. The highest BCUT2D eigenvalue weighted by Gasteiger charge is 2.37. The Morgan fingerprint density at radius 3 is 2.54 bits per heavy atom. The van der Waals surface area contributed by atoms with Crippen LogP contribution < -0.4 is 15.0 Å². The molecule has 1 aromatic carbocycles. The van der Waals surface area contributed by atoms with Gasteiger partial charge in [0.25, 0.3) is 0 Å². The van der Waals surface area contributed by atoms with Crippen LogP contribution in [0.25, 0.3) is 0 Å². The van der Waals surface area contributed by atoms with Gasteiger partial charge in [-0.3, -0.25) is 9.59 Å². The maximum absolute atomic E-state index is 12.7. The third kappa shape index (κ3) is 3.55. The van der Waals surface area contributed by atoms with Crippen molar-refractivity contribution in [3.8, 4) is 5.75 Å². The second-order valence-electron chi connectivity index (χ2n) is 6.91. The lowest BCUT2D eigenvalue weighted by Gasteiger charge is -2.26. The van der Waals surface area contributed by atoms with E-state index in [1.54, 1.807) is 4.90 Å². The highest BCUT2D eigenvalue weighted by atomic mass is 16.5. The van der Waals surface area contributed by atoms with E-state index >= 15 is 0 Å². The fourth-order valence-corrected chi connectivity index (χ4v) is 2.94. The van der Waals surface area contributed by atoms with Crippen LogP contribution in [0.3, 0.4) is 0 Å². The predicted octanol–water partition coefficient (Wildman–Crippen LogP) is 3.83. The van der Waals surface area contributed by atoms with Gasteiger partial charge in [-0.25, -0.2) is 0 Å². The van der Waals surface area contributed by atoms with Crippen molar-refractivity contribution in [2.45, 2.75) is 47.5 Å². The Bertz CT molecular complexity index is 621. The molecule has 2 amide bonds. The number of anilines is 2. The molecule has 0 saturated carbocycles. The van der Waals surface area contributed by atoms with Crippen LogP contribution in [-0.4, -0.2) is 25.0 Å². The van der Waals surface area contributed by atoms with Gasteiger partial charge in [0.1, 0.15) is 12.4 Å². The SMILES string of the molecule is CCC(CC)C(=O)Nc1ccc2c(c1)OCC(C)(C)C(=O)N2CC. The topological polar surface area (TPSA) is 58.6 Å². The van der Waals surface area contributed by atoms with E-state index < -0.39 is 5.41 Å². The van der Waals surface area contributed by atoms with Gasteiger partial charge >= 0.3 is 0 Å². The van der Waals surface area contributed by atoms with Crippen molar-refractivity contribution in [1.29, 1.82) is 0 Å². The molecule has 1 aliphatic heterocycles. The summed E-state index contributed by atoms with van der Waals surface area (Å²) in [5.74, 6) is 0.727. The minimum absolute atomic E-state index is 0.0115. The van der Waals surface area contributed by atoms with E-state index in [2.05, 4.69) is 5.32 Å².